The number of carbonyl (C=O) groups is 3. The first-order valence-corrected chi connectivity index (χ1v) is 7.38. The molecule has 2 aromatic rings. The fourth-order valence-electron chi connectivity index (χ4n) is 2.61. The Balaban J connectivity index is 1.71. The normalized spacial score (nSPS) is 14.6. The Morgan fingerprint density at radius 3 is 2.04 bits per heavy atom. The molecule has 1 N–H and O–H groups in total. The molecular formula is C18H16N2O3. The van der Waals surface area contributed by atoms with Crippen LogP contribution in [-0.2, 0) is 11.3 Å². The van der Waals surface area contributed by atoms with Gasteiger partial charge in [0.15, 0.2) is 0 Å². The van der Waals surface area contributed by atoms with E-state index in [4.69, 9.17) is 0 Å². The van der Waals surface area contributed by atoms with E-state index in [1.807, 2.05) is 30.3 Å². The second-order valence-corrected chi connectivity index (χ2v) is 5.41. The second-order valence-electron chi connectivity index (χ2n) is 5.41. The molecule has 0 saturated heterocycles. The molecule has 5 nitrogen and oxygen atoms in total. The van der Waals surface area contributed by atoms with Gasteiger partial charge in [-0.3, -0.25) is 19.3 Å². The van der Waals surface area contributed by atoms with E-state index >= 15 is 0 Å². The van der Waals surface area contributed by atoms with Crippen LogP contribution in [0.25, 0.3) is 0 Å². The van der Waals surface area contributed by atoms with Crippen LogP contribution in [0, 0.1) is 0 Å². The number of rotatable bonds is 4. The minimum Gasteiger partial charge on any atom is -0.350 e. The number of hydrogen-bond acceptors (Lipinski definition) is 3. The first-order chi connectivity index (χ1) is 11.1. The number of fused-ring (bicyclic) bond motifs is 1. The summed E-state index contributed by atoms with van der Waals surface area (Å²) in [6, 6.07) is 15.2. The molecular weight excluding hydrogens is 292 g/mol. The molecule has 0 unspecified atom stereocenters. The molecule has 0 aliphatic carbocycles. The summed E-state index contributed by atoms with van der Waals surface area (Å²) in [5.41, 5.74) is 1.65. The largest absolute Gasteiger partial charge is 0.350 e. The molecule has 1 heterocycles. The van der Waals surface area contributed by atoms with Gasteiger partial charge in [-0.05, 0) is 24.6 Å². The van der Waals surface area contributed by atoms with Crippen LogP contribution in [0.3, 0.4) is 0 Å². The highest BCUT2D eigenvalue weighted by atomic mass is 16.2. The molecule has 5 heteroatoms. The summed E-state index contributed by atoms with van der Waals surface area (Å²) in [5, 5.41) is 2.76. The van der Waals surface area contributed by atoms with Gasteiger partial charge in [0.05, 0.1) is 11.1 Å². The van der Waals surface area contributed by atoms with Crippen LogP contribution >= 0.6 is 0 Å². The molecule has 0 spiro atoms. The van der Waals surface area contributed by atoms with E-state index in [-0.39, 0.29) is 5.91 Å². The van der Waals surface area contributed by atoms with Crippen LogP contribution in [0.2, 0.25) is 0 Å². The third-order valence-electron chi connectivity index (χ3n) is 3.90. The zero-order chi connectivity index (χ0) is 16.4. The number of nitrogens with zero attached hydrogens (tertiary/aromatic N) is 1. The molecule has 1 aliphatic heterocycles. The third-order valence-corrected chi connectivity index (χ3v) is 3.90. The van der Waals surface area contributed by atoms with Crippen LogP contribution in [0.1, 0.15) is 33.2 Å². The molecule has 116 valence electrons. The van der Waals surface area contributed by atoms with E-state index in [0.29, 0.717) is 17.7 Å². The molecule has 0 aromatic heterocycles. The molecule has 0 bridgehead atoms. The third kappa shape index (κ3) is 2.73. The van der Waals surface area contributed by atoms with E-state index in [0.717, 1.165) is 10.5 Å². The van der Waals surface area contributed by atoms with Crippen molar-refractivity contribution in [2.24, 2.45) is 0 Å². The van der Waals surface area contributed by atoms with Crippen molar-refractivity contribution in [3.05, 3.63) is 71.3 Å². The molecule has 0 radical (unpaired) electrons. The van der Waals surface area contributed by atoms with Gasteiger partial charge >= 0.3 is 0 Å². The highest BCUT2D eigenvalue weighted by molar-refractivity contribution is 6.22. The lowest BCUT2D eigenvalue weighted by Gasteiger charge is -2.21. The predicted molar refractivity (Wildman–Crippen MR) is 84.7 cm³/mol. The molecule has 2 aromatic carbocycles. The fraction of sp³-hybridized carbons (Fsp3) is 0.167. The van der Waals surface area contributed by atoms with Crippen molar-refractivity contribution in [3.8, 4) is 0 Å². The molecule has 1 aliphatic rings. The van der Waals surface area contributed by atoms with Crippen molar-refractivity contribution in [2.75, 3.05) is 0 Å². The second kappa shape index (κ2) is 6.04. The Bertz CT molecular complexity index is 736. The van der Waals surface area contributed by atoms with Gasteiger partial charge in [0, 0.05) is 6.54 Å². The standard InChI is InChI=1S/C18H16N2O3/c1-12(16(21)19-11-13-7-3-2-4-8-13)20-17(22)14-9-5-6-10-15(14)18(20)23/h2-10,12H,11H2,1H3,(H,19,21)/t12-/m1/s1. The summed E-state index contributed by atoms with van der Waals surface area (Å²) in [5.74, 6) is -1.20. The van der Waals surface area contributed by atoms with Crippen LogP contribution in [0.5, 0.6) is 0 Å². The average Bonchev–Trinajstić information content (AvgIpc) is 2.84. The van der Waals surface area contributed by atoms with Gasteiger partial charge in [0.1, 0.15) is 6.04 Å². The van der Waals surface area contributed by atoms with Gasteiger partial charge in [-0.15, -0.1) is 0 Å². The van der Waals surface area contributed by atoms with E-state index in [1.54, 1.807) is 31.2 Å². The fourth-order valence-corrected chi connectivity index (χ4v) is 2.61. The maximum absolute atomic E-state index is 12.4. The summed E-state index contributed by atoms with van der Waals surface area (Å²) < 4.78 is 0. The van der Waals surface area contributed by atoms with Gasteiger partial charge in [-0.2, -0.15) is 0 Å². The summed E-state index contributed by atoms with van der Waals surface area (Å²) in [6.45, 7) is 1.91. The molecule has 3 amide bonds. The summed E-state index contributed by atoms with van der Waals surface area (Å²) in [4.78, 5) is 38.0. The predicted octanol–water partition coefficient (Wildman–Crippen LogP) is 1.99. The first kappa shape index (κ1) is 15.0. The molecule has 3 rings (SSSR count). The van der Waals surface area contributed by atoms with Crippen LogP contribution in [0.15, 0.2) is 54.6 Å². The highest BCUT2D eigenvalue weighted by Gasteiger charge is 2.40. The molecule has 1 atom stereocenters. The zero-order valence-electron chi connectivity index (χ0n) is 12.7. The maximum atomic E-state index is 12.4. The summed E-state index contributed by atoms with van der Waals surface area (Å²) in [6.07, 6.45) is 0. The van der Waals surface area contributed by atoms with Crippen molar-refractivity contribution in [1.82, 2.24) is 10.2 Å². The van der Waals surface area contributed by atoms with Crippen LogP contribution in [0.4, 0.5) is 0 Å². The first-order valence-electron chi connectivity index (χ1n) is 7.38. The quantitative estimate of drug-likeness (QED) is 0.878. The Morgan fingerprint density at radius 2 is 1.48 bits per heavy atom. The Morgan fingerprint density at radius 1 is 0.957 bits per heavy atom. The average molecular weight is 308 g/mol. The zero-order valence-corrected chi connectivity index (χ0v) is 12.7. The van der Waals surface area contributed by atoms with E-state index in [1.165, 1.54) is 0 Å². The van der Waals surface area contributed by atoms with Crippen LogP contribution in [-0.4, -0.2) is 28.7 Å². The topological polar surface area (TPSA) is 66.5 Å². The summed E-state index contributed by atoms with van der Waals surface area (Å²) in [7, 11) is 0. The smallest absolute Gasteiger partial charge is 0.262 e. The van der Waals surface area contributed by atoms with E-state index in [9.17, 15) is 14.4 Å². The number of nitrogens with one attached hydrogen (secondary N) is 1. The van der Waals surface area contributed by atoms with Crippen molar-refractivity contribution in [3.63, 3.8) is 0 Å². The molecule has 0 saturated carbocycles. The molecule has 23 heavy (non-hydrogen) atoms. The van der Waals surface area contributed by atoms with Crippen molar-refractivity contribution >= 4 is 17.7 Å². The van der Waals surface area contributed by atoms with Gasteiger partial charge in [-0.25, -0.2) is 0 Å². The maximum Gasteiger partial charge on any atom is 0.262 e. The number of benzene rings is 2. The van der Waals surface area contributed by atoms with Gasteiger partial charge in [0.25, 0.3) is 11.8 Å². The van der Waals surface area contributed by atoms with Gasteiger partial charge in [0.2, 0.25) is 5.91 Å². The van der Waals surface area contributed by atoms with Crippen LogP contribution < -0.4 is 5.32 Å². The number of imide groups is 1. The number of amides is 3. The van der Waals surface area contributed by atoms with E-state index in [2.05, 4.69) is 5.32 Å². The van der Waals surface area contributed by atoms with Gasteiger partial charge in [-0.1, -0.05) is 42.5 Å². The SMILES string of the molecule is C[C@H](C(=O)NCc1ccccc1)N1C(=O)c2ccccc2C1=O. The monoisotopic (exact) mass is 308 g/mol. The van der Waals surface area contributed by atoms with Crippen molar-refractivity contribution in [1.29, 1.82) is 0 Å². The Labute approximate surface area is 133 Å². The Hall–Kier alpha value is -2.95. The Kier molecular flexibility index (Phi) is 3.93. The minimum absolute atomic E-state index is 0.347. The lowest BCUT2D eigenvalue weighted by molar-refractivity contribution is -0.124. The highest BCUT2D eigenvalue weighted by Crippen LogP contribution is 2.24. The van der Waals surface area contributed by atoms with Crippen molar-refractivity contribution < 1.29 is 14.4 Å². The van der Waals surface area contributed by atoms with E-state index < -0.39 is 17.9 Å². The lowest BCUT2D eigenvalue weighted by atomic mass is 10.1. The molecule has 0 fully saturated rings. The number of carbonyl (C=O) groups excluding carboxylic acids is 3. The summed E-state index contributed by atoms with van der Waals surface area (Å²) >= 11 is 0. The number of hydrogen-bond donors (Lipinski definition) is 1. The minimum atomic E-state index is -0.855. The lowest BCUT2D eigenvalue weighted by Crippen LogP contribution is -2.47. The van der Waals surface area contributed by atoms with Gasteiger partial charge < -0.3 is 5.32 Å². The van der Waals surface area contributed by atoms with Crippen molar-refractivity contribution in [2.45, 2.75) is 19.5 Å².